The van der Waals surface area contributed by atoms with Gasteiger partial charge in [-0.25, -0.2) is 0 Å². The maximum Gasteiger partial charge on any atom is 0.337 e. The number of nitrogens with zero attached hydrogens (tertiary/aromatic N) is 4. The van der Waals surface area contributed by atoms with Crippen molar-refractivity contribution in [3.05, 3.63) is 0 Å². The molecule has 2 saturated heterocycles. The molecule has 25 heavy (non-hydrogen) atoms. The van der Waals surface area contributed by atoms with E-state index in [9.17, 15) is 0 Å². The highest BCUT2D eigenvalue weighted by Gasteiger charge is 2.34. The number of piperazine rings is 2. The van der Waals surface area contributed by atoms with Crippen molar-refractivity contribution in [2.75, 3.05) is 93.8 Å². The first-order valence-electron chi connectivity index (χ1n) is 9.99. The molecule has 0 aromatic heterocycles. The highest BCUT2D eigenvalue weighted by molar-refractivity contribution is 6.67. The number of hydrogen-bond donors (Lipinski definition) is 0. The lowest BCUT2D eigenvalue weighted by molar-refractivity contribution is 0.150. The first kappa shape index (κ1) is 21.3. The van der Waals surface area contributed by atoms with Gasteiger partial charge < -0.3 is 28.5 Å². The SMILES string of the molecule is CO[Si](CCCN1CCN(C)CC1)(CCCN1CCN(C)CC1)OC. The van der Waals surface area contributed by atoms with E-state index in [0.717, 1.165) is 12.1 Å². The molecule has 2 aliphatic rings. The van der Waals surface area contributed by atoms with Gasteiger partial charge in [0.1, 0.15) is 0 Å². The van der Waals surface area contributed by atoms with Gasteiger partial charge in [-0.15, -0.1) is 0 Å². The van der Waals surface area contributed by atoms with Crippen molar-refractivity contribution in [1.82, 2.24) is 19.6 Å². The van der Waals surface area contributed by atoms with E-state index in [-0.39, 0.29) is 0 Å². The summed E-state index contributed by atoms with van der Waals surface area (Å²) < 4.78 is 11.9. The number of likely N-dealkylation sites (N-methyl/N-ethyl adjacent to an activating group) is 2. The molecule has 0 radical (unpaired) electrons. The lowest BCUT2D eigenvalue weighted by Gasteiger charge is -2.34. The molecular formula is C18H40N4O2Si. The second kappa shape index (κ2) is 11.0. The van der Waals surface area contributed by atoms with Crippen LogP contribution in [0.1, 0.15) is 12.8 Å². The maximum atomic E-state index is 5.96. The third kappa shape index (κ3) is 7.25. The Hall–Kier alpha value is -0.0231. The van der Waals surface area contributed by atoms with E-state index in [0.29, 0.717) is 0 Å². The minimum Gasteiger partial charge on any atom is -0.398 e. The van der Waals surface area contributed by atoms with E-state index >= 15 is 0 Å². The van der Waals surface area contributed by atoms with Crippen molar-refractivity contribution in [2.45, 2.75) is 24.9 Å². The van der Waals surface area contributed by atoms with Gasteiger partial charge in [-0.05, 0) is 52.1 Å². The van der Waals surface area contributed by atoms with Crippen LogP contribution in [0.25, 0.3) is 0 Å². The summed E-state index contributed by atoms with van der Waals surface area (Å²) in [5.41, 5.74) is 0. The Balaban J connectivity index is 1.66. The van der Waals surface area contributed by atoms with E-state index in [2.05, 4.69) is 33.7 Å². The molecule has 0 aromatic carbocycles. The molecule has 148 valence electrons. The predicted molar refractivity (Wildman–Crippen MR) is 106 cm³/mol. The molecule has 2 aliphatic heterocycles. The van der Waals surface area contributed by atoms with Crippen LogP contribution in [0.15, 0.2) is 0 Å². The first-order valence-corrected chi connectivity index (χ1v) is 12.2. The molecule has 0 aliphatic carbocycles. The average molecular weight is 373 g/mol. The van der Waals surface area contributed by atoms with Gasteiger partial charge in [0.2, 0.25) is 0 Å². The molecule has 0 amide bonds. The molecule has 0 bridgehead atoms. The fourth-order valence-electron chi connectivity index (χ4n) is 3.90. The van der Waals surface area contributed by atoms with E-state index < -0.39 is 8.56 Å². The third-order valence-corrected chi connectivity index (χ3v) is 9.72. The predicted octanol–water partition coefficient (Wildman–Crippen LogP) is 0.996. The highest BCUT2D eigenvalue weighted by atomic mass is 28.4. The van der Waals surface area contributed by atoms with Crippen molar-refractivity contribution in [3.8, 4) is 0 Å². The molecule has 0 unspecified atom stereocenters. The number of rotatable bonds is 10. The molecule has 0 saturated carbocycles. The van der Waals surface area contributed by atoms with Crippen molar-refractivity contribution < 1.29 is 8.85 Å². The van der Waals surface area contributed by atoms with E-state index in [1.54, 1.807) is 0 Å². The van der Waals surface area contributed by atoms with Gasteiger partial charge in [0, 0.05) is 66.6 Å². The van der Waals surface area contributed by atoms with Crippen molar-refractivity contribution in [2.24, 2.45) is 0 Å². The smallest absolute Gasteiger partial charge is 0.337 e. The molecule has 7 heteroatoms. The molecule has 6 nitrogen and oxygen atoms in total. The summed E-state index contributed by atoms with van der Waals surface area (Å²) in [7, 11) is 6.14. The molecule has 0 atom stereocenters. The summed E-state index contributed by atoms with van der Waals surface area (Å²) >= 11 is 0. The van der Waals surface area contributed by atoms with Gasteiger partial charge >= 0.3 is 8.56 Å². The monoisotopic (exact) mass is 372 g/mol. The lowest BCUT2D eigenvalue weighted by Crippen LogP contribution is -2.46. The Morgan fingerprint density at radius 1 is 0.640 bits per heavy atom. The summed E-state index contributed by atoms with van der Waals surface area (Å²) in [4.78, 5) is 10.0. The summed E-state index contributed by atoms with van der Waals surface area (Å²) in [6.07, 6.45) is 2.40. The topological polar surface area (TPSA) is 31.4 Å². The maximum absolute atomic E-state index is 5.96. The zero-order valence-corrected chi connectivity index (χ0v) is 18.0. The Morgan fingerprint density at radius 3 is 1.32 bits per heavy atom. The van der Waals surface area contributed by atoms with Crippen molar-refractivity contribution in [3.63, 3.8) is 0 Å². The van der Waals surface area contributed by atoms with Gasteiger partial charge in [0.05, 0.1) is 0 Å². The van der Waals surface area contributed by atoms with Crippen LogP contribution in [0.2, 0.25) is 12.1 Å². The Kier molecular flexibility index (Phi) is 9.33. The second-order valence-electron chi connectivity index (χ2n) is 7.82. The second-order valence-corrected chi connectivity index (χ2v) is 11.5. The standard InChI is InChI=1S/C18H40N4O2Si/c1-19-9-13-21(14-10-19)7-5-17-25(23-3,24-4)18-6-8-22-15-11-20(2)12-16-22/h5-18H2,1-4H3. The molecular weight excluding hydrogens is 332 g/mol. The Labute approximate surface area is 156 Å². The van der Waals surface area contributed by atoms with Crippen LogP contribution in [0.3, 0.4) is 0 Å². The molecule has 2 fully saturated rings. The fourth-order valence-corrected chi connectivity index (χ4v) is 6.53. The molecule has 0 N–H and O–H groups in total. The van der Waals surface area contributed by atoms with Crippen LogP contribution in [0, 0.1) is 0 Å². The van der Waals surface area contributed by atoms with Gasteiger partial charge in [-0.1, -0.05) is 0 Å². The van der Waals surface area contributed by atoms with Crippen LogP contribution >= 0.6 is 0 Å². The van der Waals surface area contributed by atoms with Crippen LogP contribution in [0.4, 0.5) is 0 Å². The van der Waals surface area contributed by atoms with Crippen LogP contribution in [0.5, 0.6) is 0 Å². The molecule has 2 heterocycles. The van der Waals surface area contributed by atoms with Crippen LogP contribution in [-0.2, 0) is 8.85 Å². The quantitative estimate of drug-likeness (QED) is 0.532. The Bertz CT molecular complexity index is 325. The molecule has 0 aromatic rings. The summed E-state index contributed by atoms with van der Waals surface area (Å²) in [5.74, 6) is 0. The molecule has 2 rings (SSSR count). The van der Waals surface area contributed by atoms with E-state index in [1.807, 2.05) is 14.2 Å². The van der Waals surface area contributed by atoms with Crippen LogP contribution in [-0.4, -0.2) is 122 Å². The zero-order valence-electron chi connectivity index (χ0n) is 17.0. The van der Waals surface area contributed by atoms with Crippen molar-refractivity contribution >= 4 is 8.56 Å². The average Bonchev–Trinajstić information content (AvgIpc) is 2.64. The van der Waals surface area contributed by atoms with Crippen molar-refractivity contribution in [1.29, 1.82) is 0 Å². The number of hydrogen-bond acceptors (Lipinski definition) is 6. The van der Waals surface area contributed by atoms with Gasteiger partial charge in [0.25, 0.3) is 0 Å². The largest absolute Gasteiger partial charge is 0.398 e. The summed E-state index contributed by atoms with van der Waals surface area (Å²) in [6.45, 7) is 12.0. The van der Waals surface area contributed by atoms with Crippen LogP contribution < -0.4 is 0 Å². The minimum absolute atomic E-state index is 1.12. The Morgan fingerprint density at radius 2 is 1.00 bits per heavy atom. The summed E-state index contributed by atoms with van der Waals surface area (Å²) in [6, 6.07) is 2.24. The highest BCUT2D eigenvalue weighted by Crippen LogP contribution is 2.22. The van der Waals surface area contributed by atoms with E-state index in [1.165, 1.54) is 78.3 Å². The van der Waals surface area contributed by atoms with Gasteiger partial charge in [-0.3, -0.25) is 0 Å². The fraction of sp³-hybridized carbons (Fsp3) is 1.00. The normalized spacial score (nSPS) is 22.6. The minimum atomic E-state index is -2.01. The summed E-state index contributed by atoms with van der Waals surface area (Å²) in [5, 5.41) is 0. The third-order valence-electron chi connectivity index (χ3n) is 6.00. The molecule has 0 spiro atoms. The van der Waals surface area contributed by atoms with E-state index in [4.69, 9.17) is 8.85 Å². The van der Waals surface area contributed by atoms with Gasteiger partial charge in [0.15, 0.2) is 0 Å². The lowest BCUT2D eigenvalue weighted by atomic mass is 10.3. The van der Waals surface area contributed by atoms with Gasteiger partial charge in [-0.2, -0.15) is 0 Å². The first-order chi connectivity index (χ1) is 12.1. The zero-order chi connectivity index (χ0) is 18.1.